The third-order valence-electron chi connectivity index (χ3n) is 1.92. The summed E-state index contributed by atoms with van der Waals surface area (Å²) in [7, 11) is 0. The Morgan fingerprint density at radius 2 is 2.13 bits per heavy atom. The largest absolute Gasteiger partial charge is 0.433 e. The third-order valence-corrected chi connectivity index (χ3v) is 1.92. The van der Waals surface area contributed by atoms with Crippen LogP contribution in [0.5, 0.6) is 0 Å². The highest BCUT2D eigenvalue weighted by Gasteiger charge is 2.12. The minimum atomic E-state index is 0.274. The van der Waals surface area contributed by atoms with E-state index in [4.69, 9.17) is 14.9 Å². The fourth-order valence-electron chi connectivity index (χ4n) is 1.26. The highest BCUT2D eigenvalue weighted by atomic mass is 16.3. The lowest BCUT2D eigenvalue weighted by Gasteiger charge is -1.99. The van der Waals surface area contributed by atoms with Gasteiger partial charge >= 0.3 is 0 Å². The van der Waals surface area contributed by atoms with Crippen molar-refractivity contribution in [1.29, 1.82) is 10.5 Å². The Kier molecular flexibility index (Phi) is 2.19. The van der Waals surface area contributed by atoms with Crippen molar-refractivity contribution in [3.63, 3.8) is 0 Å². The molecule has 0 aliphatic carbocycles. The molecular weight excluding hydrogens is 190 g/mol. The summed E-state index contributed by atoms with van der Waals surface area (Å²) in [5.74, 6) is 0.295. The lowest BCUT2D eigenvalue weighted by Crippen LogP contribution is -1.88. The summed E-state index contributed by atoms with van der Waals surface area (Å²) in [6, 6.07) is 8.85. The molecule has 0 atom stereocenters. The Morgan fingerprint density at radius 3 is 2.73 bits per heavy atom. The van der Waals surface area contributed by atoms with Crippen LogP contribution in [0.1, 0.15) is 11.1 Å². The molecule has 69 valence electrons. The van der Waals surface area contributed by atoms with E-state index in [0.717, 1.165) is 0 Å². The predicted octanol–water partition coefficient (Wildman–Crippen LogP) is 1.89. The van der Waals surface area contributed by atoms with Crippen LogP contribution in [0, 0.1) is 28.9 Å². The maximum atomic E-state index is 8.95. The minimum absolute atomic E-state index is 0.274. The van der Waals surface area contributed by atoms with E-state index in [1.807, 2.05) is 12.1 Å². The molecule has 4 nitrogen and oxygen atoms in total. The molecule has 2 rings (SSSR count). The number of benzene rings is 1. The maximum absolute atomic E-state index is 8.95. The number of aromatic nitrogens is 1. The third kappa shape index (κ3) is 1.45. The van der Waals surface area contributed by atoms with E-state index in [9.17, 15) is 0 Å². The Bertz CT molecular complexity index is 559. The molecule has 0 amide bonds. The molecular formula is C11H4N3O. The molecule has 0 unspecified atom stereocenters. The van der Waals surface area contributed by atoms with Crippen molar-refractivity contribution in [1.82, 2.24) is 4.98 Å². The molecule has 0 aliphatic rings. The number of hydrogen-bond acceptors (Lipinski definition) is 4. The Balaban J connectivity index is 2.70. The van der Waals surface area contributed by atoms with Gasteiger partial charge in [-0.2, -0.15) is 10.5 Å². The number of nitrogens with zero attached hydrogens (tertiary/aromatic N) is 3. The molecule has 1 aromatic heterocycles. The van der Waals surface area contributed by atoms with Crippen LogP contribution in [0.3, 0.4) is 0 Å². The zero-order valence-corrected chi connectivity index (χ0v) is 7.56. The van der Waals surface area contributed by atoms with E-state index in [0.29, 0.717) is 17.0 Å². The normalized spacial score (nSPS) is 9.20. The SMILES string of the molecule is N#Cc1cccc(-c2nc[c]o2)c1C#N. The maximum Gasteiger partial charge on any atom is 0.228 e. The van der Waals surface area contributed by atoms with Gasteiger partial charge in [0.2, 0.25) is 5.89 Å². The molecule has 0 saturated carbocycles. The van der Waals surface area contributed by atoms with Crippen LogP contribution in [-0.2, 0) is 0 Å². The molecule has 1 aromatic carbocycles. The zero-order chi connectivity index (χ0) is 10.7. The second-order valence-electron chi connectivity index (χ2n) is 2.74. The lowest BCUT2D eigenvalue weighted by molar-refractivity contribution is 0.565. The van der Waals surface area contributed by atoms with Crippen molar-refractivity contribution in [2.45, 2.75) is 0 Å². The van der Waals surface area contributed by atoms with E-state index in [1.165, 1.54) is 6.20 Å². The number of hydrogen-bond donors (Lipinski definition) is 0. The van der Waals surface area contributed by atoms with E-state index < -0.39 is 0 Å². The Hall–Kier alpha value is -2.59. The van der Waals surface area contributed by atoms with Gasteiger partial charge in [-0.05, 0) is 12.1 Å². The van der Waals surface area contributed by atoms with Gasteiger partial charge in [0.05, 0.1) is 22.9 Å². The highest BCUT2D eigenvalue weighted by molar-refractivity contribution is 5.67. The van der Waals surface area contributed by atoms with Crippen LogP contribution < -0.4 is 0 Å². The summed E-state index contributed by atoms with van der Waals surface area (Å²) in [6.07, 6.45) is 3.81. The first-order valence-electron chi connectivity index (χ1n) is 4.12. The topological polar surface area (TPSA) is 73.6 Å². The molecule has 0 spiro atoms. The van der Waals surface area contributed by atoms with Crippen molar-refractivity contribution in [2.24, 2.45) is 0 Å². The Morgan fingerprint density at radius 1 is 1.27 bits per heavy atom. The first kappa shape index (κ1) is 8.98. The molecule has 4 heteroatoms. The monoisotopic (exact) mass is 194 g/mol. The first-order chi connectivity index (χ1) is 7.36. The molecule has 0 fully saturated rings. The summed E-state index contributed by atoms with van der Waals surface area (Å²) in [5.41, 5.74) is 1.10. The first-order valence-corrected chi connectivity index (χ1v) is 4.12. The van der Waals surface area contributed by atoms with E-state index in [1.54, 1.807) is 18.2 Å². The van der Waals surface area contributed by atoms with Gasteiger partial charge in [0.25, 0.3) is 0 Å². The van der Waals surface area contributed by atoms with Gasteiger partial charge < -0.3 is 4.42 Å². The van der Waals surface area contributed by atoms with Crippen molar-refractivity contribution in [3.05, 3.63) is 41.8 Å². The number of rotatable bonds is 1. The van der Waals surface area contributed by atoms with Crippen LogP contribution in [0.4, 0.5) is 0 Å². The summed E-state index contributed by atoms with van der Waals surface area (Å²) in [6.45, 7) is 0. The van der Waals surface area contributed by atoms with Crippen LogP contribution >= 0.6 is 0 Å². The van der Waals surface area contributed by atoms with Gasteiger partial charge in [-0.15, -0.1) is 0 Å². The van der Waals surface area contributed by atoms with Crippen molar-refractivity contribution in [3.8, 4) is 23.6 Å². The van der Waals surface area contributed by atoms with Crippen molar-refractivity contribution >= 4 is 0 Å². The summed E-state index contributed by atoms with van der Waals surface area (Å²) < 4.78 is 4.96. The average molecular weight is 194 g/mol. The fourth-order valence-corrected chi connectivity index (χ4v) is 1.26. The van der Waals surface area contributed by atoms with Gasteiger partial charge in [0.1, 0.15) is 12.1 Å². The fraction of sp³-hybridized carbons (Fsp3) is 0. The standard InChI is InChI=1S/C11H4N3O/c12-6-8-2-1-3-9(10(8)7-13)11-14-4-5-15-11/h1-4H. The smallest absolute Gasteiger partial charge is 0.228 e. The second kappa shape index (κ2) is 3.65. The van der Waals surface area contributed by atoms with Gasteiger partial charge in [0.15, 0.2) is 6.26 Å². The van der Waals surface area contributed by atoms with Crippen molar-refractivity contribution < 1.29 is 4.42 Å². The highest BCUT2D eigenvalue weighted by Crippen LogP contribution is 2.23. The molecule has 2 aromatic rings. The summed E-state index contributed by atoms with van der Waals surface area (Å²) in [4.78, 5) is 3.89. The van der Waals surface area contributed by atoms with Gasteiger partial charge in [-0.1, -0.05) is 6.07 Å². The van der Waals surface area contributed by atoms with E-state index in [-0.39, 0.29) is 5.56 Å². The predicted molar refractivity (Wildman–Crippen MR) is 50.2 cm³/mol. The minimum Gasteiger partial charge on any atom is -0.433 e. The van der Waals surface area contributed by atoms with Crippen LogP contribution in [-0.4, -0.2) is 4.98 Å². The molecule has 0 saturated heterocycles. The quantitative estimate of drug-likeness (QED) is 0.694. The van der Waals surface area contributed by atoms with E-state index in [2.05, 4.69) is 11.2 Å². The van der Waals surface area contributed by atoms with Crippen LogP contribution in [0.2, 0.25) is 0 Å². The summed E-state index contributed by atoms with van der Waals surface area (Å²) in [5, 5.41) is 17.8. The number of nitriles is 2. The molecule has 0 bridgehead atoms. The lowest BCUT2D eigenvalue weighted by atomic mass is 10.0. The zero-order valence-electron chi connectivity index (χ0n) is 7.56. The molecule has 0 N–H and O–H groups in total. The molecule has 15 heavy (non-hydrogen) atoms. The van der Waals surface area contributed by atoms with Gasteiger partial charge in [-0.3, -0.25) is 0 Å². The van der Waals surface area contributed by atoms with Crippen LogP contribution in [0.15, 0.2) is 28.8 Å². The van der Waals surface area contributed by atoms with Crippen molar-refractivity contribution in [2.75, 3.05) is 0 Å². The van der Waals surface area contributed by atoms with E-state index >= 15 is 0 Å². The Labute approximate surface area is 86.0 Å². The average Bonchev–Trinajstić information content (AvgIpc) is 2.81. The van der Waals surface area contributed by atoms with Crippen LogP contribution in [0.25, 0.3) is 11.5 Å². The van der Waals surface area contributed by atoms with Gasteiger partial charge in [0, 0.05) is 0 Å². The molecule has 0 aliphatic heterocycles. The number of oxazole rings is 1. The molecule has 1 heterocycles. The summed E-state index contributed by atoms with van der Waals surface area (Å²) >= 11 is 0. The second-order valence-corrected chi connectivity index (χ2v) is 2.74. The van der Waals surface area contributed by atoms with Gasteiger partial charge in [-0.25, -0.2) is 4.98 Å². The molecule has 1 radical (unpaired) electrons.